The fourth-order valence-corrected chi connectivity index (χ4v) is 1.31. The molecular weight excluding hydrogens is 231 g/mol. The van der Waals surface area contributed by atoms with E-state index in [4.69, 9.17) is 5.73 Å². The lowest BCUT2D eigenvalue weighted by molar-refractivity contribution is 0.631. The Morgan fingerprint density at radius 2 is 1.94 bits per heavy atom. The SMILES string of the molecule is Cl.Nc1ccc(-n2ccccc2=O)cc1F. The molecule has 0 atom stereocenters. The summed E-state index contributed by atoms with van der Waals surface area (Å²) in [7, 11) is 0. The average Bonchev–Trinajstić information content (AvgIpc) is 2.23. The van der Waals surface area contributed by atoms with Crippen LogP contribution < -0.4 is 11.3 Å². The van der Waals surface area contributed by atoms with E-state index in [0.717, 1.165) is 0 Å². The van der Waals surface area contributed by atoms with Crippen LogP contribution in [0.1, 0.15) is 0 Å². The van der Waals surface area contributed by atoms with Gasteiger partial charge in [0.1, 0.15) is 5.82 Å². The van der Waals surface area contributed by atoms with E-state index in [1.807, 2.05) is 0 Å². The van der Waals surface area contributed by atoms with Crippen molar-refractivity contribution in [3.63, 3.8) is 0 Å². The summed E-state index contributed by atoms with van der Waals surface area (Å²) in [5, 5.41) is 0. The van der Waals surface area contributed by atoms with E-state index >= 15 is 0 Å². The zero-order chi connectivity index (χ0) is 10.8. The predicted octanol–water partition coefficient (Wildman–Crippen LogP) is 1.98. The number of aromatic nitrogens is 1. The van der Waals surface area contributed by atoms with Crippen LogP contribution in [0.2, 0.25) is 0 Å². The second kappa shape index (κ2) is 4.81. The number of benzene rings is 1. The van der Waals surface area contributed by atoms with Gasteiger partial charge in [0.15, 0.2) is 0 Å². The minimum atomic E-state index is -0.525. The molecule has 0 spiro atoms. The standard InChI is InChI=1S/C11H9FN2O.ClH/c12-9-7-8(4-5-10(9)13)14-6-2-1-3-11(14)15;/h1-7H,13H2;1H. The average molecular weight is 241 g/mol. The van der Waals surface area contributed by atoms with Crippen LogP contribution in [0.15, 0.2) is 47.4 Å². The van der Waals surface area contributed by atoms with E-state index in [1.165, 1.54) is 22.8 Å². The molecule has 0 aliphatic rings. The highest BCUT2D eigenvalue weighted by Crippen LogP contribution is 2.13. The van der Waals surface area contributed by atoms with Crippen LogP contribution in [0.4, 0.5) is 10.1 Å². The number of pyridine rings is 1. The minimum Gasteiger partial charge on any atom is -0.396 e. The van der Waals surface area contributed by atoms with Gasteiger partial charge >= 0.3 is 0 Å². The Bertz CT molecular complexity index is 554. The Morgan fingerprint density at radius 1 is 1.19 bits per heavy atom. The Kier molecular flexibility index (Phi) is 3.68. The summed E-state index contributed by atoms with van der Waals surface area (Å²) in [6, 6.07) is 9.01. The van der Waals surface area contributed by atoms with Gasteiger partial charge in [-0.2, -0.15) is 0 Å². The van der Waals surface area contributed by atoms with Gasteiger partial charge in [-0.05, 0) is 18.2 Å². The summed E-state index contributed by atoms with van der Waals surface area (Å²) in [4.78, 5) is 11.4. The van der Waals surface area contributed by atoms with Crippen LogP contribution in [-0.4, -0.2) is 4.57 Å². The summed E-state index contributed by atoms with van der Waals surface area (Å²) in [5.74, 6) is -0.525. The molecule has 0 saturated carbocycles. The Labute approximate surface area is 97.7 Å². The molecule has 16 heavy (non-hydrogen) atoms. The Hall–Kier alpha value is -1.81. The number of hydrogen-bond acceptors (Lipinski definition) is 2. The zero-order valence-corrected chi connectivity index (χ0v) is 9.08. The third-order valence-electron chi connectivity index (χ3n) is 2.08. The molecule has 1 heterocycles. The number of nitrogens with zero attached hydrogens (tertiary/aromatic N) is 1. The van der Waals surface area contributed by atoms with Gasteiger partial charge in [0.25, 0.3) is 5.56 Å². The summed E-state index contributed by atoms with van der Waals surface area (Å²) < 4.78 is 14.5. The molecule has 2 rings (SSSR count). The molecule has 0 fully saturated rings. The zero-order valence-electron chi connectivity index (χ0n) is 8.26. The van der Waals surface area contributed by atoms with Crippen molar-refractivity contribution in [2.45, 2.75) is 0 Å². The maximum absolute atomic E-state index is 13.2. The number of halogens is 2. The summed E-state index contributed by atoms with van der Waals surface area (Å²) >= 11 is 0. The van der Waals surface area contributed by atoms with Gasteiger partial charge in [0.05, 0.1) is 11.4 Å². The topological polar surface area (TPSA) is 48.0 Å². The van der Waals surface area contributed by atoms with Crippen molar-refractivity contribution >= 4 is 18.1 Å². The van der Waals surface area contributed by atoms with Gasteiger partial charge in [0, 0.05) is 18.3 Å². The number of anilines is 1. The number of rotatable bonds is 1. The first-order valence-electron chi connectivity index (χ1n) is 4.41. The van der Waals surface area contributed by atoms with Crippen LogP contribution in [0.25, 0.3) is 5.69 Å². The van der Waals surface area contributed by atoms with E-state index < -0.39 is 5.82 Å². The van der Waals surface area contributed by atoms with E-state index in [0.29, 0.717) is 5.69 Å². The lowest BCUT2D eigenvalue weighted by atomic mass is 10.2. The largest absolute Gasteiger partial charge is 0.396 e. The van der Waals surface area contributed by atoms with Crippen molar-refractivity contribution in [2.75, 3.05) is 5.73 Å². The summed E-state index contributed by atoms with van der Waals surface area (Å²) in [6.07, 6.45) is 1.58. The highest BCUT2D eigenvalue weighted by atomic mass is 35.5. The van der Waals surface area contributed by atoms with E-state index in [1.54, 1.807) is 24.4 Å². The maximum Gasteiger partial charge on any atom is 0.255 e. The first-order chi connectivity index (χ1) is 7.18. The van der Waals surface area contributed by atoms with Crippen molar-refractivity contribution in [1.29, 1.82) is 0 Å². The molecule has 0 radical (unpaired) electrons. The molecular formula is C11H10ClFN2O. The minimum absolute atomic E-state index is 0. The van der Waals surface area contributed by atoms with Crippen molar-refractivity contribution in [3.8, 4) is 5.69 Å². The van der Waals surface area contributed by atoms with Gasteiger partial charge in [-0.1, -0.05) is 6.07 Å². The van der Waals surface area contributed by atoms with E-state index in [-0.39, 0.29) is 23.7 Å². The van der Waals surface area contributed by atoms with Crippen molar-refractivity contribution in [3.05, 3.63) is 58.8 Å². The molecule has 0 aliphatic heterocycles. The number of nitrogen functional groups attached to an aromatic ring is 1. The molecule has 0 unspecified atom stereocenters. The lowest BCUT2D eigenvalue weighted by Crippen LogP contribution is -2.15. The third kappa shape index (κ3) is 2.23. The number of nitrogens with two attached hydrogens (primary N) is 1. The molecule has 1 aromatic carbocycles. The smallest absolute Gasteiger partial charge is 0.255 e. The van der Waals surface area contributed by atoms with Crippen LogP contribution in [0, 0.1) is 5.82 Å². The van der Waals surface area contributed by atoms with E-state index in [2.05, 4.69) is 0 Å². The molecule has 2 N–H and O–H groups in total. The third-order valence-corrected chi connectivity index (χ3v) is 2.08. The fourth-order valence-electron chi connectivity index (χ4n) is 1.31. The van der Waals surface area contributed by atoms with Crippen LogP contribution >= 0.6 is 12.4 Å². The first kappa shape index (κ1) is 12.3. The highest BCUT2D eigenvalue weighted by Gasteiger charge is 2.02. The molecule has 0 amide bonds. The van der Waals surface area contributed by atoms with Crippen molar-refractivity contribution in [1.82, 2.24) is 4.57 Å². The molecule has 2 aromatic rings. The molecule has 0 bridgehead atoms. The van der Waals surface area contributed by atoms with E-state index in [9.17, 15) is 9.18 Å². The first-order valence-corrected chi connectivity index (χ1v) is 4.41. The quantitative estimate of drug-likeness (QED) is 0.775. The van der Waals surface area contributed by atoms with Gasteiger partial charge in [-0.15, -0.1) is 12.4 Å². The van der Waals surface area contributed by atoms with Gasteiger partial charge in [-0.3, -0.25) is 9.36 Å². The highest BCUT2D eigenvalue weighted by molar-refractivity contribution is 5.85. The molecule has 3 nitrogen and oxygen atoms in total. The Balaban J connectivity index is 0.00000128. The summed E-state index contributed by atoms with van der Waals surface area (Å²) in [6.45, 7) is 0. The lowest BCUT2D eigenvalue weighted by Gasteiger charge is -2.05. The van der Waals surface area contributed by atoms with Gasteiger partial charge in [0.2, 0.25) is 0 Å². The van der Waals surface area contributed by atoms with Crippen molar-refractivity contribution < 1.29 is 4.39 Å². The van der Waals surface area contributed by atoms with Crippen LogP contribution in [0.5, 0.6) is 0 Å². The van der Waals surface area contributed by atoms with Crippen LogP contribution in [0.3, 0.4) is 0 Å². The maximum atomic E-state index is 13.2. The van der Waals surface area contributed by atoms with Crippen LogP contribution in [-0.2, 0) is 0 Å². The monoisotopic (exact) mass is 240 g/mol. The second-order valence-corrected chi connectivity index (χ2v) is 3.11. The second-order valence-electron chi connectivity index (χ2n) is 3.11. The number of hydrogen-bond donors (Lipinski definition) is 1. The molecule has 0 saturated heterocycles. The molecule has 0 aliphatic carbocycles. The van der Waals surface area contributed by atoms with Gasteiger partial charge in [-0.25, -0.2) is 4.39 Å². The fraction of sp³-hybridized carbons (Fsp3) is 0. The molecule has 5 heteroatoms. The van der Waals surface area contributed by atoms with Gasteiger partial charge < -0.3 is 5.73 Å². The Morgan fingerprint density at radius 3 is 2.56 bits per heavy atom. The molecule has 1 aromatic heterocycles. The summed E-state index contributed by atoms with van der Waals surface area (Å²) in [5.41, 5.74) is 5.67. The normalized spacial score (nSPS) is 9.56. The van der Waals surface area contributed by atoms with Crippen molar-refractivity contribution in [2.24, 2.45) is 0 Å². The predicted molar refractivity (Wildman–Crippen MR) is 63.7 cm³/mol. The molecule has 84 valence electrons.